The van der Waals surface area contributed by atoms with E-state index in [-0.39, 0.29) is 17.9 Å². The number of hydrogen-bond donors (Lipinski definition) is 1. The Bertz CT molecular complexity index is 1460. The molecular weight excluding hydrogens is 448 g/mol. The van der Waals surface area contributed by atoms with Crippen molar-refractivity contribution in [3.05, 3.63) is 101 Å². The van der Waals surface area contributed by atoms with Crippen LogP contribution in [0.2, 0.25) is 0 Å². The number of furan rings is 1. The number of ether oxygens (including phenoxy) is 2. The van der Waals surface area contributed by atoms with Gasteiger partial charge in [-0.3, -0.25) is 14.6 Å². The second kappa shape index (κ2) is 8.98. The molecule has 1 aliphatic heterocycles. The Labute approximate surface area is 201 Å². The number of methoxy groups -OCH3 is 2. The monoisotopic (exact) mass is 470 g/mol. The molecule has 0 spiro atoms. The molecule has 1 aliphatic rings. The number of aromatic nitrogens is 1. The van der Waals surface area contributed by atoms with Gasteiger partial charge >= 0.3 is 0 Å². The van der Waals surface area contributed by atoms with Gasteiger partial charge in [-0.25, -0.2) is 0 Å². The van der Waals surface area contributed by atoms with Crippen molar-refractivity contribution < 1.29 is 28.6 Å². The summed E-state index contributed by atoms with van der Waals surface area (Å²) in [7, 11) is 3.07. The molecule has 0 radical (unpaired) electrons. The summed E-state index contributed by atoms with van der Waals surface area (Å²) in [6.07, 6.45) is 3.15. The molecule has 1 N–H and O–H groups in total. The summed E-state index contributed by atoms with van der Waals surface area (Å²) in [5, 5.41) is 11.6. The standard InChI is InChI=1S/C27H22N2O6/c1-33-19-7-3-5-16(13-19)15-29-23(17-9-11-28-12-10-17)22(25(31)27(29)32)24(30)21-14-18-6-4-8-20(34-2)26(18)35-21/h3-14,23,31H,15H2,1-2H3. The molecule has 0 saturated heterocycles. The molecule has 0 bridgehead atoms. The lowest BCUT2D eigenvalue weighted by Gasteiger charge is -2.26. The Kier molecular flexibility index (Phi) is 5.70. The number of carbonyl (C=O) groups excluding carboxylic acids is 2. The van der Waals surface area contributed by atoms with Crippen LogP contribution in [0, 0.1) is 0 Å². The van der Waals surface area contributed by atoms with Crippen LogP contribution in [-0.2, 0) is 11.3 Å². The maximum atomic E-state index is 13.7. The fraction of sp³-hybridized carbons (Fsp3) is 0.148. The van der Waals surface area contributed by atoms with E-state index in [0.717, 1.165) is 5.56 Å². The zero-order chi connectivity index (χ0) is 24.5. The van der Waals surface area contributed by atoms with Crippen LogP contribution in [0.25, 0.3) is 11.0 Å². The van der Waals surface area contributed by atoms with Gasteiger partial charge in [0, 0.05) is 24.3 Å². The van der Waals surface area contributed by atoms with Crippen molar-refractivity contribution >= 4 is 22.7 Å². The minimum Gasteiger partial charge on any atom is -0.503 e. The van der Waals surface area contributed by atoms with Crippen LogP contribution >= 0.6 is 0 Å². The summed E-state index contributed by atoms with van der Waals surface area (Å²) in [5.41, 5.74) is 1.78. The van der Waals surface area contributed by atoms with Gasteiger partial charge in [0.15, 0.2) is 22.9 Å². The highest BCUT2D eigenvalue weighted by Crippen LogP contribution is 2.41. The molecule has 1 atom stereocenters. The lowest BCUT2D eigenvalue weighted by atomic mass is 9.95. The number of carbonyl (C=O) groups is 2. The first kappa shape index (κ1) is 22.2. The molecule has 176 valence electrons. The number of Topliss-reactive ketones (excluding diaryl/α,β-unsaturated/α-hetero) is 1. The van der Waals surface area contributed by atoms with Gasteiger partial charge in [-0.1, -0.05) is 24.3 Å². The van der Waals surface area contributed by atoms with Gasteiger partial charge in [0.05, 0.1) is 25.8 Å². The van der Waals surface area contributed by atoms with Crippen molar-refractivity contribution in [3.8, 4) is 11.5 Å². The van der Waals surface area contributed by atoms with Crippen LogP contribution in [0.1, 0.15) is 27.7 Å². The number of ketones is 1. The van der Waals surface area contributed by atoms with E-state index in [1.807, 2.05) is 12.1 Å². The Morgan fingerprint density at radius 1 is 1.06 bits per heavy atom. The van der Waals surface area contributed by atoms with E-state index in [0.29, 0.717) is 28.0 Å². The minimum atomic E-state index is -0.834. The molecule has 8 heteroatoms. The van der Waals surface area contributed by atoms with Crippen molar-refractivity contribution in [2.45, 2.75) is 12.6 Å². The molecule has 2 aromatic carbocycles. The fourth-order valence-electron chi connectivity index (χ4n) is 4.35. The highest BCUT2D eigenvalue weighted by Gasteiger charge is 2.44. The van der Waals surface area contributed by atoms with Gasteiger partial charge < -0.3 is 23.9 Å². The first-order chi connectivity index (χ1) is 17.0. The normalized spacial score (nSPS) is 15.7. The Morgan fingerprint density at radius 3 is 2.57 bits per heavy atom. The van der Waals surface area contributed by atoms with E-state index in [2.05, 4.69) is 4.98 Å². The number of rotatable bonds is 7. The highest BCUT2D eigenvalue weighted by atomic mass is 16.5. The van der Waals surface area contributed by atoms with Crippen molar-refractivity contribution in [2.75, 3.05) is 14.2 Å². The highest BCUT2D eigenvalue weighted by molar-refractivity contribution is 6.16. The van der Waals surface area contributed by atoms with Crippen LogP contribution in [0.15, 0.2) is 88.8 Å². The molecule has 0 aliphatic carbocycles. The fourth-order valence-corrected chi connectivity index (χ4v) is 4.35. The number of fused-ring (bicyclic) bond motifs is 1. The average molecular weight is 470 g/mol. The largest absolute Gasteiger partial charge is 0.503 e. The van der Waals surface area contributed by atoms with Crippen LogP contribution in [-0.4, -0.2) is 40.9 Å². The molecule has 0 fully saturated rings. The molecule has 0 saturated carbocycles. The molecule has 35 heavy (non-hydrogen) atoms. The number of benzene rings is 2. The number of para-hydroxylation sites is 1. The maximum Gasteiger partial charge on any atom is 0.290 e. The lowest BCUT2D eigenvalue weighted by molar-refractivity contribution is -0.130. The van der Waals surface area contributed by atoms with Crippen molar-refractivity contribution in [2.24, 2.45) is 0 Å². The second-order valence-corrected chi connectivity index (χ2v) is 8.05. The Balaban J connectivity index is 1.58. The van der Waals surface area contributed by atoms with Crippen LogP contribution in [0.5, 0.6) is 11.5 Å². The lowest BCUT2D eigenvalue weighted by Crippen LogP contribution is -2.30. The van der Waals surface area contributed by atoms with Crippen LogP contribution in [0.4, 0.5) is 0 Å². The minimum absolute atomic E-state index is 0.00105. The summed E-state index contributed by atoms with van der Waals surface area (Å²) in [5.74, 6) is -0.712. The van der Waals surface area contributed by atoms with E-state index in [9.17, 15) is 14.7 Å². The first-order valence-electron chi connectivity index (χ1n) is 10.9. The number of hydrogen-bond acceptors (Lipinski definition) is 7. The smallest absolute Gasteiger partial charge is 0.290 e. The summed E-state index contributed by atoms with van der Waals surface area (Å²) in [6.45, 7) is 0.151. The van der Waals surface area contributed by atoms with Gasteiger partial charge in [0.1, 0.15) is 5.75 Å². The Hall–Kier alpha value is -4.59. The Morgan fingerprint density at radius 2 is 1.83 bits per heavy atom. The van der Waals surface area contributed by atoms with Gasteiger partial charge in [-0.2, -0.15) is 0 Å². The first-order valence-corrected chi connectivity index (χ1v) is 10.9. The number of aliphatic hydroxyl groups excluding tert-OH is 1. The van der Waals surface area contributed by atoms with Crippen LogP contribution < -0.4 is 9.47 Å². The van der Waals surface area contributed by atoms with E-state index in [1.54, 1.807) is 68.0 Å². The summed E-state index contributed by atoms with van der Waals surface area (Å²) in [4.78, 5) is 32.4. The zero-order valence-corrected chi connectivity index (χ0v) is 19.1. The topological polar surface area (TPSA) is 102 Å². The van der Waals surface area contributed by atoms with E-state index in [1.165, 1.54) is 12.0 Å². The maximum absolute atomic E-state index is 13.7. The SMILES string of the molecule is COc1cccc(CN2C(=O)C(O)=C(C(=O)c3cc4cccc(OC)c4o3)C2c2ccncc2)c1. The third kappa shape index (κ3) is 3.89. The van der Waals surface area contributed by atoms with Gasteiger partial charge in [0.25, 0.3) is 5.91 Å². The third-order valence-electron chi connectivity index (χ3n) is 6.01. The molecule has 5 rings (SSSR count). The molecule has 4 aromatic rings. The van der Waals surface area contributed by atoms with E-state index in [4.69, 9.17) is 13.9 Å². The van der Waals surface area contributed by atoms with Gasteiger partial charge in [0.2, 0.25) is 5.78 Å². The number of amides is 1. The van der Waals surface area contributed by atoms with E-state index < -0.39 is 23.5 Å². The molecular formula is C27H22N2O6. The molecule has 8 nitrogen and oxygen atoms in total. The van der Waals surface area contributed by atoms with Crippen molar-refractivity contribution in [1.82, 2.24) is 9.88 Å². The van der Waals surface area contributed by atoms with Gasteiger partial charge in [-0.15, -0.1) is 0 Å². The number of aliphatic hydroxyl groups is 1. The molecule has 3 heterocycles. The molecule has 1 unspecified atom stereocenters. The summed E-state index contributed by atoms with van der Waals surface area (Å²) < 4.78 is 16.5. The summed E-state index contributed by atoms with van der Waals surface area (Å²) >= 11 is 0. The van der Waals surface area contributed by atoms with Crippen LogP contribution in [0.3, 0.4) is 0 Å². The van der Waals surface area contributed by atoms with E-state index >= 15 is 0 Å². The van der Waals surface area contributed by atoms with Crippen molar-refractivity contribution in [3.63, 3.8) is 0 Å². The predicted molar refractivity (Wildman–Crippen MR) is 127 cm³/mol. The quantitative estimate of drug-likeness (QED) is 0.393. The third-order valence-corrected chi connectivity index (χ3v) is 6.01. The van der Waals surface area contributed by atoms with Crippen molar-refractivity contribution in [1.29, 1.82) is 0 Å². The zero-order valence-electron chi connectivity index (χ0n) is 19.1. The number of nitrogens with zero attached hydrogens (tertiary/aromatic N) is 2. The summed E-state index contributed by atoms with van der Waals surface area (Å²) in [6, 6.07) is 16.8. The number of pyridine rings is 1. The predicted octanol–water partition coefficient (Wildman–Crippen LogP) is 4.62. The second-order valence-electron chi connectivity index (χ2n) is 8.05. The molecule has 2 aromatic heterocycles. The molecule has 1 amide bonds. The van der Waals surface area contributed by atoms with Gasteiger partial charge in [-0.05, 0) is 47.5 Å². The average Bonchev–Trinajstić information content (AvgIpc) is 3.44.